The van der Waals surface area contributed by atoms with Crippen LogP contribution in [-0.2, 0) is 14.8 Å². The van der Waals surface area contributed by atoms with Gasteiger partial charge in [-0.1, -0.05) is 0 Å². The van der Waals surface area contributed by atoms with E-state index in [9.17, 15) is 18.0 Å². The molecule has 2 N–H and O–H groups in total. The molecule has 0 aliphatic carbocycles. The molecule has 0 spiro atoms. The molecule has 156 valence electrons. The lowest BCUT2D eigenvalue weighted by atomic mass is 10.2. The highest BCUT2D eigenvalue weighted by Gasteiger charge is 2.29. The van der Waals surface area contributed by atoms with Crippen LogP contribution in [0.15, 0.2) is 29.2 Å². The highest BCUT2D eigenvalue weighted by molar-refractivity contribution is 7.89. The van der Waals surface area contributed by atoms with E-state index < -0.39 is 10.0 Å². The Hall–Kier alpha value is -1.68. The summed E-state index contributed by atoms with van der Waals surface area (Å²) in [5, 5.41) is 6.19. The Labute approximate surface area is 172 Å². The number of halogens is 1. The number of hydrogen-bond acceptors (Lipinski definition) is 5. The van der Waals surface area contributed by atoms with Gasteiger partial charge in [0.1, 0.15) is 0 Å². The number of rotatable bonds is 5. The van der Waals surface area contributed by atoms with Gasteiger partial charge in [-0.2, -0.15) is 4.31 Å². The summed E-state index contributed by atoms with van der Waals surface area (Å²) in [6.07, 6.45) is 2.17. The van der Waals surface area contributed by atoms with Crippen molar-refractivity contribution >= 4 is 34.2 Å². The van der Waals surface area contributed by atoms with Gasteiger partial charge in [-0.25, -0.2) is 8.42 Å². The first kappa shape index (κ1) is 22.6. The average molecular weight is 431 g/mol. The number of piperazine rings is 1. The van der Waals surface area contributed by atoms with Gasteiger partial charge in [0.2, 0.25) is 15.9 Å². The predicted octanol–water partition coefficient (Wildman–Crippen LogP) is 0.443. The van der Waals surface area contributed by atoms with Gasteiger partial charge in [0.05, 0.1) is 4.90 Å². The number of amides is 2. The van der Waals surface area contributed by atoms with Crippen molar-refractivity contribution in [2.24, 2.45) is 0 Å². The smallest absolute Gasteiger partial charge is 0.251 e. The summed E-state index contributed by atoms with van der Waals surface area (Å²) in [6.45, 7) is 4.37. The molecular formula is C18H27ClN4O4S. The van der Waals surface area contributed by atoms with E-state index in [1.807, 2.05) is 0 Å². The van der Waals surface area contributed by atoms with Gasteiger partial charge >= 0.3 is 0 Å². The van der Waals surface area contributed by atoms with Gasteiger partial charge in [0.25, 0.3) is 5.91 Å². The Morgan fingerprint density at radius 2 is 1.79 bits per heavy atom. The first-order valence-electron chi connectivity index (χ1n) is 9.25. The normalized spacial score (nSPS) is 20.5. The molecular weight excluding hydrogens is 404 g/mol. The Morgan fingerprint density at radius 3 is 2.32 bits per heavy atom. The molecule has 2 amide bonds. The molecule has 1 aromatic carbocycles. The number of carbonyl (C=O) groups is 2. The van der Waals surface area contributed by atoms with Gasteiger partial charge < -0.3 is 15.5 Å². The fourth-order valence-electron chi connectivity index (χ4n) is 3.42. The van der Waals surface area contributed by atoms with Crippen LogP contribution in [0.2, 0.25) is 0 Å². The minimum Gasteiger partial charge on any atom is -0.350 e. The minimum atomic E-state index is -3.63. The summed E-state index contributed by atoms with van der Waals surface area (Å²) in [5.41, 5.74) is 0.438. The monoisotopic (exact) mass is 430 g/mol. The van der Waals surface area contributed by atoms with Crippen LogP contribution in [0.3, 0.4) is 0 Å². The van der Waals surface area contributed by atoms with Gasteiger partial charge in [0.15, 0.2) is 0 Å². The number of sulfonamides is 1. The maximum atomic E-state index is 12.8. The lowest BCUT2D eigenvalue weighted by Crippen LogP contribution is -2.49. The van der Waals surface area contributed by atoms with E-state index in [4.69, 9.17) is 0 Å². The van der Waals surface area contributed by atoms with Crippen LogP contribution in [0.5, 0.6) is 0 Å². The molecule has 1 atom stereocenters. The van der Waals surface area contributed by atoms with Crippen molar-refractivity contribution in [3.8, 4) is 0 Å². The van der Waals surface area contributed by atoms with Crippen LogP contribution in [0.25, 0.3) is 0 Å². The van der Waals surface area contributed by atoms with Crippen LogP contribution < -0.4 is 10.6 Å². The molecule has 10 heteroatoms. The van der Waals surface area contributed by atoms with Crippen molar-refractivity contribution in [2.45, 2.75) is 30.7 Å². The van der Waals surface area contributed by atoms with Gasteiger partial charge in [-0.15, -0.1) is 12.4 Å². The first-order chi connectivity index (χ1) is 12.9. The topological polar surface area (TPSA) is 98.8 Å². The van der Waals surface area contributed by atoms with E-state index in [0.29, 0.717) is 31.2 Å². The second kappa shape index (κ2) is 9.69. The fraction of sp³-hybridized carbons (Fsp3) is 0.556. The number of nitrogens with one attached hydrogen (secondary N) is 2. The van der Waals surface area contributed by atoms with Crippen molar-refractivity contribution in [2.75, 3.05) is 39.3 Å². The minimum absolute atomic E-state index is 0. The van der Waals surface area contributed by atoms with Crippen LogP contribution in [0.1, 0.15) is 30.1 Å². The number of benzene rings is 1. The molecule has 0 saturated carbocycles. The lowest BCUT2D eigenvalue weighted by Gasteiger charge is -2.33. The Morgan fingerprint density at radius 1 is 1.14 bits per heavy atom. The molecule has 1 aromatic rings. The molecule has 0 aromatic heterocycles. The highest BCUT2D eigenvalue weighted by atomic mass is 35.5. The highest BCUT2D eigenvalue weighted by Crippen LogP contribution is 2.18. The van der Waals surface area contributed by atoms with Gasteiger partial charge in [-0.05, 0) is 43.7 Å². The van der Waals surface area contributed by atoms with Gasteiger partial charge in [-0.3, -0.25) is 9.59 Å². The Bertz CT molecular complexity index is 786. The van der Waals surface area contributed by atoms with Gasteiger partial charge in [0, 0.05) is 51.3 Å². The third kappa shape index (κ3) is 5.22. The summed E-state index contributed by atoms with van der Waals surface area (Å²) in [6, 6.07) is 6.32. The van der Waals surface area contributed by atoms with E-state index in [1.165, 1.54) is 35.5 Å². The molecule has 2 heterocycles. The molecule has 1 unspecified atom stereocenters. The number of nitrogens with zero attached hydrogens (tertiary/aromatic N) is 2. The second-order valence-corrected chi connectivity index (χ2v) is 8.88. The summed E-state index contributed by atoms with van der Waals surface area (Å²) in [7, 11) is -3.63. The zero-order chi connectivity index (χ0) is 19.4. The summed E-state index contributed by atoms with van der Waals surface area (Å²) >= 11 is 0. The Kier molecular flexibility index (Phi) is 7.82. The largest absolute Gasteiger partial charge is 0.350 e. The second-order valence-electron chi connectivity index (χ2n) is 6.94. The standard InChI is InChI=1S/C18H26N4O4S.ClH/c1-14(23)21-9-11-22(12-10-21)27(25,26)17-6-4-15(5-7-17)18(24)20-13-16-3-2-8-19-16;/h4-7,16,19H,2-3,8-13H2,1H3,(H,20,24);1H. The quantitative estimate of drug-likeness (QED) is 0.706. The van der Waals surface area contributed by atoms with Crippen LogP contribution in [-0.4, -0.2) is 74.7 Å². The molecule has 0 bridgehead atoms. The van der Waals surface area contributed by atoms with Crippen molar-refractivity contribution < 1.29 is 18.0 Å². The van der Waals surface area contributed by atoms with Crippen molar-refractivity contribution in [1.82, 2.24) is 19.8 Å². The maximum absolute atomic E-state index is 12.8. The predicted molar refractivity (Wildman–Crippen MR) is 108 cm³/mol. The summed E-state index contributed by atoms with van der Waals surface area (Å²) in [5.74, 6) is -0.252. The first-order valence-corrected chi connectivity index (χ1v) is 10.7. The summed E-state index contributed by atoms with van der Waals surface area (Å²) in [4.78, 5) is 25.4. The average Bonchev–Trinajstić information content (AvgIpc) is 3.20. The molecule has 2 aliphatic heterocycles. The zero-order valence-corrected chi connectivity index (χ0v) is 17.5. The van der Waals surface area contributed by atoms with E-state index in [2.05, 4.69) is 10.6 Å². The Balaban J connectivity index is 0.00000280. The number of carbonyl (C=O) groups excluding carboxylic acids is 2. The molecule has 3 rings (SSSR count). The van der Waals surface area contributed by atoms with Crippen molar-refractivity contribution in [1.29, 1.82) is 0 Å². The fourth-order valence-corrected chi connectivity index (χ4v) is 4.84. The molecule has 2 saturated heterocycles. The molecule has 0 radical (unpaired) electrons. The van der Waals surface area contributed by atoms with Crippen LogP contribution >= 0.6 is 12.4 Å². The molecule has 2 aliphatic rings. The maximum Gasteiger partial charge on any atom is 0.251 e. The molecule has 28 heavy (non-hydrogen) atoms. The van der Waals surface area contributed by atoms with Crippen molar-refractivity contribution in [3.05, 3.63) is 29.8 Å². The van der Waals surface area contributed by atoms with Crippen LogP contribution in [0, 0.1) is 0 Å². The lowest BCUT2D eigenvalue weighted by molar-refractivity contribution is -0.129. The molecule has 2 fully saturated rings. The SMILES string of the molecule is CC(=O)N1CCN(S(=O)(=O)c2ccc(C(=O)NCC3CCCN3)cc2)CC1.Cl. The molecule has 8 nitrogen and oxygen atoms in total. The third-order valence-corrected chi connectivity index (χ3v) is 7.02. The number of hydrogen-bond donors (Lipinski definition) is 2. The van der Waals surface area contributed by atoms with Crippen molar-refractivity contribution in [3.63, 3.8) is 0 Å². The van der Waals surface area contributed by atoms with E-state index in [1.54, 1.807) is 4.90 Å². The third-order valence-electron chi connectivity index (χ3n) is 5.11. The van der Waals surface area contributed by atoms with E-state index in [0.717, 1.165) is 19.4 Å². The van der Waals surface area contributed by atoms with E-state index >= 15 is 0 Å². The van der Waals surface area contributed by atoms with E-state index in [-0.39, 0.29) is 42.2 Å². The summed E-state index contributed by atoms with van der Waals surface area (Å²) < 4.78 is 26.9. The zero-order valence-electron chi connectivity index (χ0n) is 15.9. The van der Waals surface area contributed by atoms with Crippen LogP contribution in [0.4, 0.5) is 0 Å².